The fourth-order valence-corrected chi connectivity index (χ4v) is 10.0. The molecule has 280 valence electrons. The molecule has 4 aromatic rings. The molecule has 6 heterocycles. The lowest BCUT2D eigenvalue weighted by Crippen LogP contribution is -2.48. The summed E-state index contributed by atoms with van der Waals surface area (Å²) in [6.45, 7) is 3.57. The van der Waals surface area contributed by atoms with E-state index in [9.17, 15) is 9.59 Å². The lowest BCUT2D eigenvalue weighted by molar-refractivity contribution is -0.137. The van der Waals surface area contributed by atoms with Gasteiger partial charge in [0.05, 0.1) is 18.5 Å². The Morgan fingerprint density at radius 3 is 1.76 bits per heavy atom. The molecule has 3 fully saturated rings. The molecule has 3 atom stereocenters. The third kappa shape index (κ3) is 7.54. The van der Waals surface area contributed by atoms with E-state index < -0.39 is 0 Å². The maximum Gasteiger partial charge on any atom is 0.245 e. The van der Waals surface area contributed by atoms with E-state index in [1.165, 1.54) is 39.8 Å². The number of thiophene rings is 1. The fraction of sp³-hybridized carbons (Fsp3) is 0.362. The number of carbonyl (C=O) groups is 2. The minimum Gasteiger partial charge on any atom is -0.334 e. The zero-order valence-corrected chi connectivity index (χ0v) is 32.3. The Kier molecular flexibility index (Phi) is 10.4. The highest BCUT2D eigenvalue weighted by atomic mass is 32.1. The van der Waals surface area contributed by atoms with Gasteiger partial charge in [0.1, 0.15) is 6.04 Å². The average molecular weight is 748 g/mol. The molecule has 2 amide bonds. The van der Waals surface area contributed by atoms with Gasteiger partial charge in [-0.1, -0.05) is 91.3 Å². The molecule has 0 saturated carbocycles. The lowest BCUT2D eigenvalue weighted by atomic mass is 9.94. The molecule has 0 N–H and O–H groups in total. The summed E-state index contributed by atoms with van der Waals surface area (Å²) in [5, 5.41) is 2.04. The second-order valence-corrected chi connectivity index (χ2v) is 16.7. The average Bonchev–Trinajstić information content (AvgIpc) is 4.09. The number of hydrogen-bond acceptors (Lipinski definition) is 6. The molecule has 55 heavy (non-hydrogen) atoms. The molecule has 0 aliphatic carbocycles. The van der Waals surface area contributed by atoms with Crippen molar-refractivity contribution in [2.24, 2.45) is 9.98 Å². The standard InChI is InChI=1S/C47H49N5O2S/c53-45(30-40-12-9-27-55-40)51-25-7-13-43(51)41-28-38(31-48-41)35-19-15-33(16-20-35)34-17-21-36(22-18-34)39-29-42(49-32-39)44-14-8-26-52(44)47(54)46(37-10-3-1-4-11-37)50-23-5-2-6-24-50/h1,3-4,9-12,15-22,27,31-32,43-44,46H,2,5-8,13-14,23-26,28-30H2/t43-,44-,46+/m0/s1. The van der Waals surface area contributed by atoms with Crippen LogP contribution < -0.4 is 0 Å². The Hall–Kier alpha value is -4.92. The second kappa shape index (κ2) is 16.0. The van der Waals surface area contributed by atoms with Gasteiger partial charge >= 0.3 is 0 Å². The van der Waals surface area contributed by atoms with Crippen molar-refractivity contribution in [2.45, 2.75) is 82.3 Å². The van der Waals surface area contributed by atoms with E-state index in [0.29, 0.717) is 6.42 Å². The van der Waals surface area contributed by atoms with Crippen molar-refractivity contribution in [1.29, 1.82) is 0 Å². The molecule has 0 bridgehead atoms. The van der Waals surface area contributed by atoms with Gasteiger partial charge in [-0.15, -0.1) is 11.3 Å². The number of aliphatic imine (C=N–C) groups is 2. The molecular weight excluding hydrogens is 699 g/mol. The number of amides is 2. The topological polar surface area (TPSA) is 68.6 Å². The predicted octanol–water partition coefficient (Wildman–Crippen LogP) is 9.24. The Balaban J connectivity index is 0.809. The highest BCUT2D eigenvalue weighted by molar-refractivity contribution is 7.10. The van der Waals surface area contributed by atoms with Crippen LogP contribution in [0.2, 0.25) is 0 Å². The molecule has 0 unspecified atom stereocenters. The zero-order valence-electron chi connectivity index (χ0n) is 31.5. The summed E-state index contributed by atoms with van der Waals surface area (Å²) >= 11 is 1.65. The first-order chi connectivity index (χ1) is 27.1. The molecule has 7 nitrogen and oxygen atoms in total. The summed E-state index contributed by atoms with van der Waals surface area (Å²) < 4.78 is 0. The number of piperidine rings is 1. The first kappa shape index (κ1) is 35.8. The molecule has 1 aromatic heterocycles. The first-order valence-corrected chi connectivity index (χ1v) is 21.1. The van der Waals surface area contributed by atoms with Crippen molar-refractivity contribution < 1.29 is 9.59 Å². The van der Waals surface area contributed by atoms with Gasteiger partial charge in [-0.2, -0.15) is 0 Å². The van der Waals surface area contributed by atoms with Crippen LogP contribution in [0, 0.1) is 0 Å². The van der Waals surface area contributed by atoms with Gasteiger partial charge < -0.3 is 9.80 Å². The van der Waals surface area contributed by atoms with Crippen LogP contribution >= 0.6 is 11.3 Å². The van der Waals surface area contributed by atoms with Crippen LogP contribution in [0.4, 0.5) is 0 Å². The summed E-state index contributed by atoms with van der Waals surface area (Å²) in [5.41, 5.74) is 10.5. The van der Waals surface area contributed by atoms with Gasteiger partial charge in [0.15, 0.2) is 0 Å². The summed E-state index contributed by atoms with van der Waals surface area (Å²) in [7, 11) is 0. The second-order valence-electron chi connectivity index (χ2n) is 15.7. The number of likely N-dealkylation sites (tertiary alicyclic amines) is 3. The number of nitrogens with zero attached hydrogens (tertiary/aromatic N) is 5. The SMILES string of the molecule is O=C(Cc1cccs1)N1CCC[C@H]1C1=NC=C(c2ccc(-c3ccc(C4=CN=C([C@@H]5CCCN5C(=O)[C@@H](c5ccccc5)N5CCCCC5)C4)cc3)cc2)C1. The number of benzene rings is 3. The third-order valence-electron chi connectivity index (χ3n) is 12.2. The highest BCUT2D eigenvalue weighted by Crippen LogP contribution is 2.36. The Morgan fingerprint density at radius 1 is 0.618 bits per heavy atom. The fourth-order valence-electron chi connectivity index (χ4n) is 9.34. The zero-order chi connectivity index (χ0) is 37.1. The quantitative estimate of drug-likeness (QED) is 0.163. The van der Waals surface area contributed by atoms with Crippen LogP contribution in [0.5, 0.6) is 0 Å². The summed E-state index contributed by atoms with van der Waals surface area (Å²) in [5.74, 6) is 0.443. The van der Waals surface area contributed by atoms with Crippen LogP contribution in [-0.4, -0.2) is 76.2 Å². The highest BCUT2D eigenvalue weighted by Gasteiger charge is 2.40. The maximum atomic E-state index is 14.4. The molecule has 3 saturated heterocycles. The summed E-state index contributed by atoms with van der Waals surface area (Å²) in [6.07, 6.45) is 13.6. The van der Waals surface area contributed by atoms with E-state index in [0.717, 1.165) is 99.4 Å². The molecule has 0 radical (unpaired) electrons. The lowest BCUT2D eigenvalue weighted by Gasteiger charge is -2.37. The van der Waals surface area contributed by atoms with Gasteiger partial charge in [-0.05, 0) is 102 Å². The minimum atomic E-state index is -0.222. The minimum absolute atomic E-state index is 0.0579. The Morgan fingerprint density at radius 2 is 1.18 bits per heavy atom. The maximum absolute atomic E-state index is 14.4. The van der Waals surface area contributed by atoms with Crippen molar-refractivity contribution in [1.82, 2.24) is 14.7 Å². The van der Waals surface area contributed by atoms with Crippen LogP contribution in [0.15, 0.2) is 119 Å². The van der Waals surface area contributed by atoms with Gasteiger partial charge in [-0.25, -0.2) is 0 Å². The van der Waals surface area contributed by atoms with E-state index in [1.54, 1.807) is 11.3 Å². The van der Waals surface area contributed by atoms with Crippen LogP contribution in [0.1, 0.15) is 85.4 Å². The molecule has 9 rings (SSSR count). The smallest absolute Gasteiger partial charge is 0.245 e. The van der Waals surface area contributed by atoms with Crippen molar-refractivity contribution >= 4 is 45.7 Å². The number of hydrogen-bond donors (Lipinski definition) is 0. The third-order valence-corrected chi connectivity index (χ3v) is 13.1. The largest absolute Gasteiger partial charge is 0.334 e. The number of carbonyl (C=O) groups excluding carboxylic acids is 2. The van der Waals surface area contributed by atoms with E-state index >= 15 is 0 Å². The van der Waals surface area contributed by atoms with Crippen molar-refractivity contribution in [3.63, 3.8) is 0 Å². The van der Waals surface area contributed by atoms with Crippen LogP contribution in [-0.2, 0) is 16.0 Å². The first-order valence-electron chi connectivity index (χ1n) is 20.2. The van der Waals surface area contributed by atoms with E-state index in [2.05, 4.69) is 87.5 Å². The van der Waals surface area contributed by atoms with E-state index in [4.69, 9.17) is 9.98 Å². The molecule has 8 heteroatoms. The van der Waals surface area contributed by atoms with Gasteiger partial charge in [0.25, 0.3) is 0 Å². The van der Waals surface area contributed by atoms with Gasteiger partial charge in [0.2, 0.25) is 11.8 Å². The number of rotatable bonds is 10. The molecule has 5 aliphatic heterocycles. The molecular formula is C47H49N5O2S. The van der Waals surface area contributed by atoms with E-state index in [-0.39, 0.29) is 29.9 Å². The molecule has 5 aliphatic rings. The van der Waals surface area contributed by atoms with Gasteiger partial charge in [-0.3, -0.25) is 24.5 Å². The van der Waals surface area contributed by atoms with Crippen molar-refractivity contribution in [3.05, 3.63) is 130 Å². The van der Waals surface area contributed by atoms with Crippen molar-refractivity contribution in [3.8, 4) is 11.1 Å². The van der Waals surface area contributed by atoms with Crippen LogP contribution in [0.3, 0.4) is 0 Å². The molecule has 0 spiro atoms. The Labute approximate surface area is 328 Å². The van der Waals surface area contributed by atoms with Crippen molar-refractivity contribution in [2.75, 3.05) is 26.2 Å². The van der Waals surface area contributed by atoms with E-state index in [1.807, 2.05) is 36.0 Å². The monoisotopic (exact) mass is 747 g/mol. The summed E-state index contributed by atoms with van der Waals surface area (Å²) in [4.78, 5) is 45.0. The normalized spacial score (nSPS) is 22.0. The van der Waals surface area contributed by atoms with Crippen LogP contribution in [0.25, 0.3) is 22.3 Å². The Bertz CT molecular complexity index is 2130. The predicted molar refractivity (Wildman–Crippen MR) is 224 cm³/mol. The molecule has 3 aromatic carbocycles. The summed E-state index contributed by atoms with van der Waals surface area (Å²) in [6, 6.07) is 32.0. The number of allylic oxidation sites excluding steroid dienone is 2. The van der Waals surface area contributed by atoms with Gasteiger partial charge in [0, 0.05) is 54.6 Å².